The van der Waals surface area contributed by atoms with Gasteiger partial charge in [-0.05, 0) is 24.6 Å². The van der Waals surface area contributed by atoms with Crippen LogP contribution < -0.4 is 0 Å². The van der Waals surface area contributed by atoms with E-state index in [0.717, 1.165) is 0 Å². The third kappa shape index (κ3) is 3.03. The molecule has 0 aliphatic rings. The zero-order chi connectivity index (χ0) is 14.4. The Bertz CT molecular complexity index is 515. The van der Waals surface area contributed by atoms with Crippen LogP contribution in [0.1, 0.15) is 24.6 Å². The van der Waals surface area contributed by atoms with Gasteiger partial charge in [0.05, 0.1) is 18.7 Å². The van der Waals surface area contributed by atoms with E-state index in [1.54, 1.807) is 43.5 Å². The molecule has 104 valence electrons. The number of esters is 1. The fourth-order valence-electron chi connectivity index (χ4n) is 2.08. The number of aromatic nitrogens is 1. The monoisotopic (exact) mass is 271 g/mol. The van der Waals surface area contributed by atoms with Crippen molar-refractivity contribution in [2.75, 3.05) is 6.61 Å². The highest BCUT2D eigenvalue weighted by atomic mass is 16.5. The first-order valence-corrected chi connectivity index (χ1v) is 6.52. The maximum Gasteiger partial charge on any atom is 0.309 e. The summed E-state index contributed by atoms with van der Waals surface area (Å²) in [5.74, 6) is -0.454. The summed E-state index contributed by atoms with van der Waals surface area (Å²) in [6, 6.07) is 14.3. The molecule has 0 spiro atoms. The third-order valence-corrected chi connectivity index (χ3v) is 3.05. The topological polar surface area (TPSA) is 59.4 Å². The van der Waals surface area contributed by atoms with Gasteiger partial charge in [0.15, 0.2) is 0 Å². The largest absolute Gasteiger partial charge is 0.466 e. The molecule has 0 saturated carbocycles. The van der Waals surface area contributed by atoms with Gasteiger partial charge in [0, 0.05) is 6.20 Å². The van der Waals surface area contributed by atoms with Crippen LogP contribution in [0.2, 0.25) is 0 Å². The van der Waals surface area contributed by atoms with Gasteiger partial charge in [-0.15, -0.1) is 0 Å². The number of carbonyl (C=O) groups is 1. The van der Waals surface area contributed by atoms with E-state index in [-0.39, 0.29) is 13.0 Å². The maximum absolute atomic E-state index is 11.8. The zero-order valence-corrected chi connectivity index (χ0v) is 11.3. The summed E-state index contributed by atoms with van der Waals surface area (Å²) in [4.78, 5) is 16.0. The van der Waals surface area contributed by atoms with Gasteiger partial charge in [0.1, 0.15) is 5.60 Å². The lowest BCUT2D eigenvalue weighted by molar-refractivity contribution is -0.147. The van der Waals surface area contributed by atoms with Crippen LogP contribution in [0, 0.1) is 0 Å². The van der Waals surface area contributed by atoms with E-state index in [9.17, 15) is 9.90 Å². The first-order chi connectivity index (χ1) is 9.66. The van der Waals surface area contributed by atoms with Crippen molar-refractivity contribution in [2.24, 2.45) is 0 Å². The Labute approximate surface area is 118 Å². The van der Waals surface area contributed by atoms with Crippen molar-refractivity contribution in [2.45, 2.75) is 18.9 Å². The predicted molar refractivity (Wildman–Crippen MR) is 74.9 cm³/mol. The first-order valence-electron chi connectivity index (χ1n) is 6.52. The lowest BCUT2D eigenvalue weighted by atomic mass is 9.87. The lowest BCUT2D eigenvalue weighted by Crippen LogP contribution is -2.32. The van der Waals surface area contributed by atoms with E-state index in [1.807, 2.05) is 18.2 Å². The Balaban J connectivity index is 2.41. The number of hydrogen-bond acceptors (Lipinski definition) is 4. The fraction of sp³-hybridized carbons (Fsp3) is 0.250. The van der Waals surface area contributed by atoms with Crippen LogP contribution in [0.5, 0.6) is 0 Å². The molecule has 1 heterocycles. The molecule has 0 unspecified atom stereocenters. The Morgan fingerprint density at radius 3 is 2.50 bits per heavy atom. The van der Waals surface area contributed by atoms with Crippen LogP contribution in [-0.2, 0) is 15.1 Å². The van der Waals surface area contributed by atoms with Gasteiger partial charge in [0.25, 0.3) is 0 Å². The summed E-state index contributed by atoms with van der Waals surface area (Å²) < 4.78 is 4.95. The minimum atomic E-state index is -1.48. The molecule has 20 heavy (non-hydrogen) atoms. The van der Waals surface area contributed by atoms with E-state index in [1.165, 1.54) is 0 Å². The molecule has 4 nitrogen and oxygen atoms in total. The minimum Gasteiger partial charge on any atom is -0.466 e. The first kappa shape index (κ1) is 14.2. The molecule has 0 amide bonds. The molecule has 1 aromatic heterocycles. The number of rotatable bonds is 5. The van der Waals surface area contributed by atoms with Crippen molar-refractivity contribution in [1.29, 1.82) is 0 Å². The zero-order valence-electron chi connectivity index (χ0n) is 11.3. The Kier molecular flexibility index (Phi) is 4.48. The van der Waals surface area contributed by atoms with Gasteiger partial charge >= 0.3 is 5.97 Å². The van der Waals surface area contributed by atoms with E-state index in [4.69, 9.17) is 4.74 Å². The normalized spacial score (nSPS) is 13.5. The van der Waals surface area contributed by atoms with E-state index in [0.29, 0.717) is 11.3 Å². The number of benzene rings is 1. The van der Waals surface area contributed by atoms with E-state index < -0.39 is 11.6 Å². The minimum absolute atomic E-state index is 0.165. The average molecular weight is 271 g/mol. The van der Waals surface area contributed by atoms with E-state index in [2.05, 4.69) is 4.98 Å². The molecule has 4 heteroatoms. The summed E-state index contributed by atoms with van der Waals surface area (Å²) >= 11 is 0. The third-order valence-electron chi connectivity index (χ3n) is 3.05. The Morgan fingerprint density at radius 2 is 1.90 bits per heavy atom. The van der Waals surface area contributed by atoms with Crippen LogP contribution in [0.15, 0.2) is 54.7 Å². The van der Waals surface area contributed by atoms with Crippen LogP contribution in [0.4, 0.5) is 0 Å². The quantitative estimate of drug-likeness (QED) is 0.847. The highest BCUT2D eigenvalue weighted by molar-refractivity contribution is 5.72. The molecular formula is C16H17NO3. The number of aliphatic hydroxyl groups is 1. The Hall–Kier alpha value is -2.20. The molecule has 1 atom stereocenters. The summed E-state index contributed by atoms with van der Waals surface area (Å²) in [6.07, 6.45) is 1.43. The molecule has 0 aliphatic heterocycles. The van der Waals surface area contributed by atoms with Crippen LogP contribution in [0.3, 0.4) is 0 Å². The number of ether oxygens (including phenoxy) is 1. The summed E-state index contributed by atoms with van der Waals surface area (Å²) in [7, 11) is 0. The van der Waals surface area contributed by atoms with Gasteiger partial charge in [-0.25, -0.2) is 0 Å². The van der Waals surface area contributed by atoms with E-state index >= 15 is 0 Å². The second-order valence-electron chi connectivity index (χ2n) is 4.42. The van der Waals surface area contributed by atoms with Crippen molar-refractivity contribution < 1.29 is 14.6 Å². The van der Waals surface area contributed by atoms with Crippen LogP contribution in [-0.4, -0.2) is 22.7 Å². The second-order valence-corrected chi connectivity index (χ2v) is 4.42. The molecule has 0 fully saturated rings. The number of hydrogen-bond donors (Lipinski definition) is 1. The molecule has 0 aliphatic carbocycles. The number of nitrogens with zero attached hydrogens (tertiary/aromatic N) is 1. The average Bonchev–Trinajstić information content (AvgIpc) is 2.49. The van der Waals surface area contributed by atoms with Gasteiger partial charge < -0.3 is 9.84 Å². The van der Waals surface area contributed by atoms with Crippen molar-refractivity contribution in [3.63, 3.8) is 0 Å². The van der Waals surface area contributed by atoms with Gasteiger partial charge in [-0.1, -0.05) is 36.4 Å². The summed E-state index contributed by atoms with van der Waals surface area (Å²) in [5.41, 5.74) is -0.430. The van der Waals surface area contributed by atoms with Gasteiger partial charge in [-0.3, -0.25) is 9.78 Å². The Morgan fingerprint density at radius 1 is 1.20 bits per heavy atom. The standard InChI is InChI=1S/C16H17NO3/c1-2-20-15(18)12-16(19,13-8-4-3-5-9-13)14-10-6-7-11-17-14/h3-11,19H,2,12H2,1H3/t16-/m1/s1. The second kappa shape index (κ2) is 6.30. The molecule has 0 radical (unpaired) electrons. The SMILES string of the molecule is CCOC(=O)C[C@@](O)(c1ccccc1)c1ccccn1. The molecule has 1 aromatic carbocycles. The smallest absolute Gasteiger partial charge is 0.309 e. The molecule has 2 aromatic rings. The predicted octanol–water partition coefficient (Wildman–Crippen LogP) is 2.27. The lowest BCUT2D eigenvalue weighted by Gasteiger charge is -2.27. The van der Waals surface area contributed by atoms with Gasteiger partial charge in [0.2, 0.25) is 0 Å². The molecule has 2 rings (SSSR count). The van der Waals surface area contributed by atoms with Crippen molar-refractivity contribution in [3.8, 4) is 0 Å². The molecular weight excluding hydrogens is 254 g/mol. The summed E-state index contributed by atoms with van der Waals surface area (Å²) in [5, 5.41) is 11.0. The molecule has 1 N–H and O–H groups in total. The van der Waals surface area contributed by atoms with Crippen molar-refractivity contribution in [3.05, 3.63) is 66.0 Å². The maximum atomic E-state index is 11.8. The van der Waals surface area contributed by atoms with Crippen LogP contribution >= 0.6 is 0 Å². The summed E-state index contributed by atoms with van der Waals surface area (Å²) in [6.45, 7) is 2.02. The fourth-order valence-corrected chi connectivity index (χ4v) is 2.08. The van der Waals surface area contributed by atoms with Crippen molar-refractivity contribution >= 4 is 5.97 Å². The highest BCUT2D eigenvalue weighted by Crippen LogP contribution is 2.31. The van der Waals surface area contributed by atoms with Crippen LogP contribution in [0.25, 0.3) is 0 Å². The highest BCUT2D eigenvalue weighted by Gasteiger charge is 2.36. The number of pyridine rings is 1. The molecule has 0 saturated heterocycles. The molecule has 0 bridgehead atoms. The number of carbonyl (C=O) groups excluding carboxylic acids is 1. The van der Waals surface area contributed by atoms with Gasteiger partial charge in [-0.2, -0.15) is 0 Å². The van der Waals surface area contributed by atoms with Crippen molar-refractivity contribution in [1.82, 2.24) is 4.98 Å².